The maximum atomic E-state index is 17.6. The van der Waals surface area contributed by atoms with Gasteiger partial charge in [-0.3, -0.25) is 14.4 Å². The number of halogens is 4. The van der Waals surface area contributed by atoms with Crippen LogP contribution in [0.3, 0.4) is 0 Å². The van der Waals surface area contributed by atoms with Crippen LogP contribution in [0, 0.1) is 22.7 Å². The van der Waals surface area contributed by atoms with E-state index in [4.69, 9.17) is 9.47 Å². The van der Waals surface area contributed by atoms with Crippen molar-refractivity contribution in [3.63, 3.8) is 0 Å². The van der Waals surface area contributed by atoms with Crippen LogP contribution < -0.4 is 0 Å². The number of rotatable bonds is 5. The van der Waals surface area contributed by atoms with Crippen LogP contribution in [0.4, 0.5) is 17.6 Å². The molecule has 4 rings (SSSR count). The maximum absolute atomic E-state index is 17.6. The van der Waals surface area contributed by atoms with Crippen LogP contribution in [0.5, 0.6) is 0 Å². The zero-order chi connectivity index (χ0) is 27.6. The van der Waals surface area contributed by atoms with Crippen molar-refractivity contribution in [1.29, 1.82) is 0 Å². The first-order valence-electron chi connectivity index (χ1n) is 12.4. The molecule has 0 aromatic rings. The molecule has 0 bridgehead atoms. The lowest BCUT2D eigenvalue weighted by Gasteiger charge is -2.63. The molecule has 37 heavy (non-hydrogen) atoms. The Morgan fingerprint density at radius 3 is 2.46 bits per heavy atom. The summed E-state index contributed by atoms with van der Waals surface area (Å²) in [6, 6.07) is 0. The van der Waals surface area contributed by atoms with Crippen LogP contribution in [0.1, 0.15) is 59.3 Å². The number of allylic oxidation sites excluding steroid dienone is 4. The Morgan fingerprint density at radius 1 is 1.16 bits per heavy atom. The fourth-order valence-corrected chi connectivity index (χ4v) is 7.33. The summed E-state index contributed by atoms with van der Waals surface area (Å²) in [5.41, 5.74) is -7.28. The van der Waals surface area contributed by atoms with Crippen LogP contribution in [0.2, 0.25) is 0 Å². The molecule has 0 unspecified atom stereocenters. The standard InChI is InChI=1S/C26H30F4O7/c1-4-20(33)36-13-18(32)24(35)10-8-16-17-6-5-14-11-15(31)7-9-22(14,2)25(17,27)19(12-23(16,24)3)37-21(34)26(28,29)30/h7,9,11,16-17,19,35H,4-6,8,10,12-13H2,1-3H3/t16-,17-,19-,22-,23-,24-,25-/m0/s1. The topological polar surface area (TPSA) is 107 Å². The lowest BCUT2D eigenvalue weighted by Crippen LogP contribution is -2.70. The number of aliphatic hydroxyl groups is 1. The van der Waals surface area contributed by atoms with E-state index < -0.39 is 77.0 Å². The SMILES string of the molecule is CCC(=O)OCC(=O)[C@@]1(O)CC[C@H]2[C@@H]3CCC4=CC(=O)C=C[C@]4(C)[C@@]3(F)[C@@H](OC(=O)C(F)(F)F)C[C@@]21C. The third-order valence-corrected chi connectivity index (χ3v) is 9.36. The summed E-state index contributed by atoms with van der Waals surface area (Å²) in [6.07, 6.45) is -3.73. The van der Waals surface area contributed by atoms with E-state index in [-0.39, 0.29) is 37.9 Å². The molecular weight excluding hydrogens is 500 g/mol. The number of carbonyl (C=O) groups excluding carboxylic acids is 4. The summed E-state index contributed by atoms with van der Waals surface area (Å²) in [6.45, 7) is 3.75. The number of esters is 2. The van der Waals surface area contributed by atoms with E-state index in [0.717, 1.165) is 6.08 Å². The summed E-state index contributed by atoms with van der Waals surface area (Å²) in [5, 5.41) is 11.6. The van der Waals surface area contributed by atoms with E-state index >= 15 is 4.39 Å². The number of fused-ring (bicyclic) bond motifs is 5. The van der Waals surface area contributed by atoms with Crippen molar-refractivity contribution in [3.05, 3.63) is 23.8 Å². The predicted molar refractivity (Wildman–Crippen MR) is 119 cm³/mol. The quantitative estimate of drug-likeness (QED) is 0.427. The lowest BCUT2D eigenvalue weighted by molar-refractivity contribution is -0.248. The number of ketones is 2. The molecule has 0 aromatic heterocycles. The summed E-state index contributed by atoms with van der Waals surface area (Å²) in [5.74, 6) is -6.09. The normalized spacial score (nSPS) is 40.7. The highest BCUT2D eigenvalue weighted by Gasteiger charge is 2.75. The third-order valence-electron chi connectivity index (χ3n) is 9.36. The van der Waals surface area contributed by atoms with E-state index in [1.807, 2.05) is 0 Å². The Kier molecular flexibility index (Phi) is 6.49. The van der Waals surface area contributed by atoms with E-state index in [1.165, 1.54) is 32.9 Å². The molecule has 0 saturated heterocycles. The number of alkyl halides is 4. The Balaban J connectivity index is 1.79. The Hall–Kier alpha value is -2.56. The molecule has 7 atom stereocenters. The van der Waals surface area contributed by atoms with Crippen molar-refractivity contribution in [2.24, 2.45) is 22.7 Å². The van der Waals surface area contributed by atoms with Crippen molar-refractivity contribution in [2.45, 2.75) is 82.8 Å². The van der Waals surface area contributed by atoms with Gasteiger partial charge in [0.25, 0.3) is 0 Å². The predicted octanol–water partition coefficient (Wildman–Crippen LogP) is 3.72. The molecular formula is C26H30F4O7. The van der Waals surface area contributed by atoms with Gasteiger partial charge in [0.1, 0.15) is 11.7 Å². The number of hydrogen-bond donors (Lipinski definition) is 1. The second kappa shape index (κ2) is 8.74. The Bertz CT molecular complexity index is 1100. The molecule has 204 valence electrons. The van der Waals surface area contributed by atoms with Gasteiger partial charge in [0.15, 0.2) is 18.1 Å². The average Bonchev–Trinajstić information content (AvgIpc) is 3.09. The Morgan fingerprint density at radius 2 is 1.84 bits per heavy atom. The molecule has 1 N–H and O–H groups in total. The van der Waals surface area contributed by atoms with Gasteiger partial charge in [0, 0.05) is 23.2 Å². The zero-order valence-corrected chi connectivity index (χ0v) is 20.8. The third kappa shape index (κ3) is 3.87. The molecule has 4 aliphatic carbocycles. The van der Waals surface area contributed by atoms with Crippen LogP contribution in [0.25, 0.3) is 0 Å². The molecule has 3 fully saturated rings. The van der Waals surface area contributed by atoms with Crippen LogP contribution in [-0.2, 0) is 28.7 Å². The monoisotopic (exact) mass is 530 g/mol. The van der Waals surface area contributed by atoms with Crippen molar-refractivity contribution in [1.82, 2.24) is 0 Å². The van der Waals surface area contributed by atoms with Crippen LogP contribution in [0.15, 0.2) is 23.8 Å². The Labute approximate surface area is 211 Å². The van der Waals surface area contributed by atoms with E-state index in [1.54, 1.807) is 0 Å². The van der Waals surface area contributed by atoms with Crippen molar-refractivity contribution < 1.29 is 51.3 Å². The molecule has 0 aliphatic heterocycles. The summed E-state index contributed by atoms with van der Waals surface area (Å²) in [7, 11) is 0. The van der Waals surface area contributed by atoms with Gasteiger partial charge in [0.05, 0.1) is 0 Å². The first-order chi connectivity index (χ1) is 17.0. The number of Topliss-reactive ketones (excluding diaryl/α,β-unsaturated/α-hetero) is 1. The van der Waals surface area contributed by atoms with Gasteiger partial charge in [-0.05, 0) is 57.1 Å². The van der Waals surface area contributed by atoms with Gasteiger partial charge < -0.3 is 14.6 Å². The summed E-state index contributed by atoms with van der Waals surface area (Å²) < 4.78 is 67.1. The van der Waals surface area contributed by atoms with Crippen molar-refractivity contribution in [2.75, 3.05) is 6.61 Å². The maximum Gasteiger partial charge on any atom is 0.490 e. The van der Waals surface area contributed by atoms with Gasteiger partial charge >= 0.3 is 18.1 Å². The van der Waals surface area contributed by atoms with Gasteiger partial charge in [0.2, 0.25) is 5.78 Å². The van der Waals surface area contributed by atoms with Gasteiger partial charge in [-0.25, -0.2) is 9.18 Å². The lowest BCUT2D eigenvalue weighted by atomic mass is 9.44. The van der Waals surface area contributed by atoms with Gasteiger partial charge in [-0.15, -0.1) is 0 Å². The minimum atomic E-state index is -5.40. The molecule has 0 heterocycles. The molecule has 4 aliphatic rings. The van der Waals surface area contributed by atoms with E-state index in [0.29, 0.717) is 5.57 Å². The smallest absolute Gasteiger partial charge is 0.458 e. The second-order valence-electron chi connectivity index (χ2n) is 11.0. The van der Waals surface area contributed by atoms with E-state index in [9.17, 15) is 37.5 Å². The molecule has 3 saturated carbocycles. The van der Waals surface area contributed by atoms with Crippen molar-refractivity contribution >= 4 is 23.5 Å². The number of ether oxygens (including phenoxy) is 2. The highest BCUT2D eigenvalue weighted by atomic mass is 19.4. The minimum absolute atomic E-state index is 0.00201. The number of hydrogen-bond acceptors (Lipinski definition) is 7. The molecule has 11 heteroatoms. The summed E-state index contributed by atoms with van der Waals surface area (Å²) in [4.78, 5) is 48.7. The first kappa shape index (κ1) is 27.5. The molecule has 0 amide bonds. The molecule has 0 spiro atoms. The van der Waals surface area contributed by atoms with Crippen LogP contribution >= 0.6 is 0 Å². The number of carbonyl (C=O) groups is 4. The molecule has 0 radical (unpaired) electrons. The largest absolute Gasteiger partial charge is 0.490 e. The van der Waals surface area contributed by atoms with E-state index in [2.05, 4.69) is 0 Å². The summed E-state index contributed by atoms with van der Waals surface area (Å²) >= 11 is 0. The second-order valence-corrected chi connectivity index (χ2v) is 11.0. The highest BCUT2D eigenvalue weighted by Crippen LogP contribution is 2.70. The fourth-order valence-electron chi connectivity index (χ4n) is 7.33. The molecule has 0 aromatic carbocycles. The zero-order valence-electron chi connectivity index (χ0n) is 20.8. The average molecular weight is 531 g/mol. The highest BCUT2D eigenvalue weighted by molar-refractivity contribution is 6.01. The molecule has 7 nitrogen and oxygen atoms in total. The van der Waals surface area contributed by atoms with Gasteiger partial charge in [-0.2, -0.15) is 13.2 Å². The minimum Gasteiger partial charge on any atom is -0.458 e. The van der Waals surface area contributed by atoms with Crippen molar-refractivity contribution in [3.8, 4) is 0 Å². The van der Waals surface area contributed by atoms with Gasteiger partial charge in [-0.1, -0.05) is 25.5 Å². The first-order valence-corrected chi connectivity index (χ1v) is 12.4. The fraction of sp³-hybridized carbons (Fsp3) is 0.692. The van der Waals surface area contributed by atoms with Crippen LogP contribution in [-0.4, -0.2) is 58.8 Å².